The van der Waals surface area contributed by atoms with E-state index in [2.05, 4.69) is 47.2 Å². The molecule has 0 saturated heterocycles. The zero-order valence-corrected chi connectivity index (χ0v) is 16.5. The first-order valence-electron chi connectivity index (χ1n) is 9.80. The number of benzene rings is 3. The summed E-state index contributed by atoms with van der Waals surface area (Å²) in [4.78, 5) is 12.6. The average molecular weight is 383 g/mol. The molecule has 3 rings (SSSR count). The lowest BCUT2D eigenvalue weighted by molar-refractivity contribution is 0.249. The molecule has 0 spiro atoms. The molecule has 0 atom stereocenters. The smallest absolute Gasteiger partial charge is 0.319 e. The Labute approximate surface area is 172 Å². The predicted octanol–water partition coefficient (Wildman–Crippen LogP) is 5.92. The lowest BCUT2D eigenvalue weighted by atomic mass is 9.71. The molecule has 3 heteroatoms. The molecule has 146 valence electrons. The molecule has 0 radical (unpaired) electrons. The lowest BCUT2D eigenvalue weighted by Crippen LogP contribution is -2.43. The number of urea groups is 1. The maximum absolute atomic E-state index is 12.6. The van der Waals surface area contributed by atoms with E-state index >= 15 is 0 Å². The van der Waals surface area contributed by atoms with Crippen molar-refractivity contribution in [1.82, 2.24) is 5.32 Å². The number of rotatable bonds is 8. The van der Waals surface area contributed by atoms with Crippen LogP contribution in [0.25, 0.3) is 0 Å². The van der Waals surface area contributed by atoms with Crippen LogP contribution in [0.5, 0.6) is 0 Å². The highest BCUT2D eigenvalue weighted by atomic mass is 16.2. The standard InChI is InChI=1S/C26H26N2O/c1-2-3-13-20-26(22-14-7-4-8-15-22,23-16-9-5-10-17-23)21-27-25(29)28-24-18-11-6-12-19-24/h3-12,14-19H,1,13,20-21H2,(H2,27,28,29). The molecule has 0 aliphatic carbocycles. The molecule has 0 aromatic heterocycles. The third kappa shape index (κ3) is 5.25. The molecular formula is C26H26N2O. The van der Waals surface area contributed by atoms with Crippen molar-refractivity contribution in [3.8, 4) is 0 Å². The molecule has 29 heavy (non-hydrogen) atoms. The molecule has 0 unspecified atom stereocenters. The van der Waals surface area contributed by atoms with E-state index in [4.69, 9.17) is 0 Å². The van der Waals surface area contributed by atoms with Gasteiger partial charge in [-0.2, -0.15) is 0 Å². The van der Waals surface area contributed by atoms with Crippen molar-refractivity contribution < 1.29 is 4.79 Å². The molecule has 2 N–H and O–H groups in total. The number of para-hydroxylation sites is 1. The maximum atomic E-state index is 12.6. The van der Waals surface area contributed by atoms with Crippen LogP contribution in [-0.4, -0.2) is 12.6 Å². The van der Waals surface area contributed by atoms with Gasteiger partial charge in [-0.15, -0.1) is 5.73 Å². The van der Waals surface area contributed by atoms with Gasteiger partial charge in [0.05, 0.1) is 0 Å². The quantitative estimate of drug-likeness (QED) is 0.467. The first-order chi connectivity index (χ1) is 14.2. The Balaban J connectivity index is 1.90. The summed E-state index contributed by atoms with van der Waals surface area (Å²) in [5.41, 5.74) is 5.62. The number of hydrogen-bond donors (Lipinski definition) is 2. The summed E-state index contributed by atoms with van der Waals surface area (Å²) in [7, 11) is 0. The number of carbonyl (C=O) groups is 1. The SMILES string of the molecule is C=C=CCCC(CNC(=O)Nc1ccccc1)(c1ccccc1)c1ccccc1. The van der Waals surface area contributed by atoms with Gasteiger partial charge >= 0.3 is 6.03 Å². The van der Waals surface area contributed by atoms with Crippen molar-refractivity contribution in [2.45, 2.75) is 18.3 Å². The molecule has 0 fully saturated rings. The Morgan fingerprint density at radius 3 is 1.90 bits per heavy atom. The summed E-state index contributed by atoms with van der Waals surface area (Å²) >= 11 is 0. The van der Waals surface area contributed by atoms with E-state index in [-0.39, 0.29) is 11.4 Å². The van der Waals surface area contributed by atoms with Crippen LogP contribution in [0.1, 0.15) is 24.0 Å². The Morgan fingerprint density at radius 1 is 0.862 bits per heavy atom. The largest absolute Gasteiger partial charge is 0.337 e. The molecule has 0 bridgehead atoms. The Kier molecular flexibility index (Phi) is 7.05. The van der Waals surface area contributed by atoms with Crippen molar-refractivity contribution in [2.24, 2.45) is 0 Å². The van der Waals surface area contributed by atoms with Gasteiger partial charge < -0.3 is 10.6 Å². The second-order valence-corrected chi connectivity index (χ2v) is 6.93. The van der Waals surface area contributed by atoms with Crippen molar-refractivity contribution in [1.29, 1.82) is 0 Å². The van der Waals surface area contributed by atoms with Crippen LogP contribution in [0.15, 0.2) is 109 Å². The summed E-state index contributed by atoms with van der Waals surface area (Å²) in [5.74, 6) is 0. The van der Waals surface area contributed by atoms with E-state index in [1.54, 1.807) is 0 Å². The number of nitrogens with one attached hydrogen (secondary N) is 2. The molecule has 2 amide bonds. The van der Waals surface area contributed by atoms with Crippen molar-refractivity contribution >= 4 is 11.7 Å². The fourth-order valence-electron chi connectivity index (χ4n) is 3.61. The van der Waals surface area contributed by atoms with Crippen LogP contribution in [0.3, 0.4) is 0 Å². The van der Waals surface area contributed by atoms with Gasteiger partial charge in [-0.25, -0.2) is 4.79 Å². The minimum atomic E-state index is -0.357. The lowest BCUT2D eigenvalue weighted by Gasteiger charge is -2.35. The number of amides is 2. The second-order valence-electron chi connectivity index (χ2n) is 6.93. The molecule has 3 aromatic carbocycles. The monoisotopic (exact) mass is 382 g/mol. The maximum Gasteiger partial charge on any atom is 0.319 e. The fourth-order valence-corrected chi connectivity index (χ4v) is 3.61. The summed E-state index contributed by atoms with van der Waals surface area (Å²) in [6.07, 6.45) is 3.59. The molecular weight excluding hydrogens is 356 g/mol. The van der Waals surface area contributed by atoms with Gasteiger partial charge in [0.25, 0.3) is 0 Å². The number of allylic oxidation sites excluding steroid dienone is 1. The summed E-state index contributed by atoms with van der Waals surface area (Å²) in [6, 6.07) is 29.9. The minimum absolute atomic E-state index is 0.216. The van der Waals surface area contributed by atoms with E-state index in [0.717, 1.165) is 18.5 Å². The van der Waals surface area contributed by atoms with Crippen LogP contribution >= 0.6 is 0 Å². The topological polar surface area (TPSA) is 41.1 Å². The summed E-state index contributed by atoms with van der Waals surface area (Å²) in [6.45, 7) is 4.16. The van der Waals surface area contributed by atoms with E-state index in [0.29, 0.717) is 6.54 Å². The van der Waals surface area contributed by atoms with Crippen LogP contribution in [0, 0.1) is 0 Å². The van der Waals surface area contributed by atoms with Gasteiger partial charge in [-0.3, -0.25) is 0 Å². The van der Waals surface area contributed by atoms with Crippen molar-refractivity contribution in [2.75, 3.05) is 11.9 Å². The minimum Gasteiger partial charge on any atom is -0.337 e. The summed E-state index contributed by atoms with van der Waals surface area (Å²) in [5, 5.41) is 6.00. The van der Waals surface area contributed by atoms with Crippen LogP contribution in [0.4, 0.5) is 10.5 Å². The van der Waals surface area contributed by atoms with Gasteiger partial charge in [-0.05, 0) is 42.2 Å². The zero-order chi connectivity index (χ0) is 20.4. The van der Waals surface area contributed by atoms with Crippen molar-refractivity contribution in [3.63, 3.8) is 0 Å². The molecule has 0 heterocycles. The fraction of sp³-hybridized carbons (Fsp3) is 0.154. The van der Waals surface area contributed by atoms with E-state index in [1.165, 1.54) is 11.1 Å². The first-order valence-corrected chi connectivity index (χ1v) is 9.80. The van der Waals surface area contributed by atoms with E-state index in [9.17, 15) is 4.79 Å². The number of anilines is 1. The predicted molar refractivity (Wildman–Crippen MR) is 120 cm³/mol. The molecule has 0 aliphatic heterocycles. The van der Waals surface area contributed by atoms with Crippen LogP contribution in [0.2, 0.25) is 0 Å². The van der Waals surface area contributed by atoms with Gasteiger partial charge in [0, 0.05) is 17.6 Å². The Bertz CT molecular complexity index is 906. The van der Waals surface area contributed by atoms with Gasteiger partial charge in [0.2, 0.25) is 0 Å². The average Bonchev–Trinajstić information content (AvgIpc) is 2.78. The van der Waals surface area contributed by atoms with Gasteiger partial charge in [0.1, 0.15) is 0 Å². The second kappa shape index (κ2) is 10.1. The summed E-state index contributed by atoms with van der Waals surface area (Å²) < 4.78 is 0. The third-order valence-electron chi connectivity index (χ3n) is 5.09. The van der Waals surface area contributed by atoms with Gasteiger partial charge in [0.15, 0.2) is 0 Å². The normalized spacial score (nSPS) is 10.6. The highest BCUT2D eigenvalue weighted by Gasteiger charge is 2.34. The molecule has 0 saturated carbocycles. The highest BCUT2D eigenvalue weighted by Crippen LogP contribution is 2.36. The third-order valence-corrected chi connectivity index (χ3v) is 5.09. The Morgan fingerprint density at radius 2 is 1.38 bits per heavy atom. The number of hydrogen-bond acceptors (Lipinski definition) is 1. The van der Waals surface area contributed by atoms with E-state index < -0.39 is 0 Å². The number of carbonyl (C=O) groups excluding carboxylic acids is 1. The van der Waals surface area contributed by atoms with Crippen LogP contribution < -0.4 is 10.6 Å². The Hall–Kier alpha value is -3.55. The highest BCUT2D eigenvalue weighted by molar-refractivity contribution is 5.89. The zero-order valence-electron chi connectivity index (χ0n) is 16.5. The first kappa shape index (κ1) is 20.2. The van der Waals surface area contributed by atoms with Crippen LogP contribution in [-0.2, 0) is 5.41 Å². The molecule has 3 nitrogen and oxygen atoms in total. The molecule has 0 aliphatic rings. The van der Waals surface area contributed by atoms with Gasteiger partial charge in [-0.1, -0.05) is 85.4 Å². The van der Waals surface area contributed by atoms with E-state index in [1.807, 2.05) is 72.8 Å². The molecule has 3 aromatic rings. The van der Waals surface area contributed by atoms with Crippen molar-refractivity contribution in [3.05, 3.63) is 121 Å².